The van der Waals surface area contributed by atoms with Crippen molar-refractivity contribution in [1.29, 1.82) is 0 Å². The number of carbonyl (C=O) groups is 1. The smallest absolute Gasteiger partial charge is 0.385 e. The quantitative estimate of drug-likeness (QED) is 0.421. The Balaban J connectivity index is 1.74. The summed E-state index contributed by atoms with van der Waals surface area (Å²) in [6, 6.07) is 15.4. The number of imidazole rings is 1. The standard InChI is InChI=1S/C23H18F4N4O2/c1-22(33,14-5-3-2-4-6-14)13-19(32)30-21-28-17-11-12-18(23(25,26)27)29-20(17)31(21)16-9-7-15(24)8-10-16/h2-12,33H,13H2,1H3,(H,28,30,32). The molecule has 0 fully saturated rings. The van der Waals surface area contributed by atoms with E-state index in [-0.39, 0.29) is 29.2 Å². The van der Waals surface area contributed by atoms with Gasteiger partial charge < -0.3 is 5.11 Å². The van der Waals surface area contributed by atoms with Gasteiger partial charge in [0.1, 0.15) is 17.0 Å². The number of carbonyl (C=O) groups excluding carboxylic acids is 1. The van der Waals surface area contributed by atoms with E-state index in [1.165, 1.54) is 23.6 Å². The van der Waals surface area contributed by atoms with Gasteiger partial charge in [0.05, 0.1) is 17.7 Å². The van der Waals surface area contributed by atoms with Crippen LogP contribution in [0.15, 0.2) is 66.7 Å². The number of nitrogens with zero attached hydrogens (tertiary/aromatic N) is 3. The maximum atomic E-state index is 13.4. The first kappa shape index (κ1) is 22.4. The minimum atomic E-state index is -4.69. The maximum absolute atomic E-state index is 13.4. The van der Waals surface area contributed by atoms with Crippen LogP contribution in [-0.4, -0.2) is 25.5 Å². The van der Waals surface area contributed by atoms with Crippen molar-refractivity contribution in [3.8, 4) is 5.69 Å². The van der Waals surface area contributed by atoms with Crippen LogP contribution in [0.5, 0.6) is 0 Å². The number of pyridine rings is 1. The number of halogens is 4. The highest BCUT2D eigenvalue weighted by Gasteiger charge is 2.33. The minimum absolute atomic E-state index is 0.0949. The molecule has 0 aliphatic carbocycles. The van der Waals surface area contributed by atoms with E-state index in [0.29, 0.717) is 5.56 Å². The number of anilines is 1. The van der Waals surface area contributed by atoms with Gasteiger partial charge in [0.2, 0.25) is 11.9 Å². The first-order valence-corrected chi connectivity index (χ1v) is 9.85. The second kappa shape index (κ2) is 8.28. The summed E-state index contributed by atoms with van der Waals surface area (Å²) in [6.45, 7) is 1.47. The monoisotopic (exact) mass is 458 g/mol. The summed E-state index contributed by atoms with van der Waals surface area (Å²) in [4.78, 5) is 20.6. The zero-order valence-electron chi connectivity index (χ0n) is 17.3. The van der Waals surface area contributed by atoms with Gasteiger partial charge in [0.15, 0.2) is 5.65 Å². The molecule has 2 N–H and O–H groups in total. The highest BCUT2D eigenvalue weighted by atomic mass is 19.4. The summed E-state index contributed by atoms with van der Waals surface area (Å²) in [5.74, 6) is -1.28. The van der Waals surface area contributed by atoms with Gasteiger partial charge in [-0.2, -0.15) is 13.2 Å². The zero-order chi connectivity index (χ0) is 23.8. The lowest BCUT2D eigenvalue weighted by atomic mass is 9.92. The molecule has 1 unspecified atom stereocenters. The van der Waals surface area contributed by atoms with Crippen molar-refractivity contribution in [3.05, 3.63) is 83.8 Å². The van der Waals surface area contributed by atoms with Gasteiger partial charge in [-0.05, 0) is 48.9 Å². The first-order chi connectivity index (χ1) is 15.5. The van der Waals surface area contributed by atoms with Gasteiger partial charge in [0, 0.05) is 0 Å². The lowest BCUT2D eigenvalue weighted by Gasteiger charge is -2.23. The Hall–Kier alpha value is -3.79. The fraction of sp³-hybridized carbons (Fsp3) is 0.174. The molecule has 4 rings (SSSR count). The average Bonchev–Trinajstić information content (AvgIpc) is 3.10. The second-order valence-electron chi connectivity index (χ2n) is 7.65. The highest BCUT2D eigenvalue weighted by molar-refractivity contribution is 5.92. The van der Waals surface area contributed by atoms with Crippen LogP contribution in [-0.2, 0) is 16.6 Å². The van der Waals surface area contributed by atoms with E-state index < -0.39 is 29.2 Å². The number of hydrogen-bond donors (Lipinski definition) is 2. The SMILES string of the molecule is CC(O)(CC(=O)Nc1nc2ccc(C(F)(F)F)nc2n1-c1ccc(F)cc1)c1ccccc1. The second-order valence-corrected chi connectivity index (χ2v) is 7.65. The third-order valence-electron chi connectivity index (χ3n) is 5.03. The molecule has 2 aromatic heterocycles. The predicted octanol–water partition coefficient (Wildman–Crippen LogP) is 4.81. The van der Waals surface area contributed by atoms with Crippen LogP contribution in [0.3, 0.4) is 0 Å². The predicted molar refractivity (Wildman–Crippen MR) is 113 cm³/mol. The molecule has 0 aliphatic heterocycles. The van der Waals surface area contributed by atoms with Crippen molar-refractivity contribution in [2.75, 3.05) is 5.32 Å². The first-order valence-electron chi connectivity index (χ1n) is 9.85. The van der Waals surface area contributed by atoms with Crippen LogP contribution in [0.4, 0.5) is 23.5 Å². The Kier molecular flexibility index (Phi) is 5.62. The average molecular weight is 458 g/mol. The van der Waals surface area contributed by atoms with Crippen LogP contribution in [0.2, 0.25) is 0 Å². The van der Waals surface area contributed by atoms with Crippen LogP contribution in [0.25, 0.3) is 16.9 Å². The molecule has 1 amide bonds. The van der Waals surface area contributed by atoms with Crippen molar-refractivity contribution in [2.45, 2.75) is 25.1 Å². The van der Waals surface area contributed by atoms with Crippen LogP contribution in [0.1, 0.15) is 24.6 Å². The summed E-state index contributed by atoms with van der Waals surface area (Å²) < 4.78 is 54.3. The van der Waals surface area contributed by atoms with E-state index in [1.54, 1.807) is 30.3 Å². The molecule has 0 bridgehead atoms. The summed E-state index contributed by atoms with van der Waals surface area (Å²) in [6.07, 6.45) is -5.03. The van der Waals surface area contributed by atoms with E-state index in [0.717, 1.165) is 24.3 Å². The summed E-state index contributed by atoms with van der Waals surface area (Å²) in [7, 11) is 0. The Labute approximate surface area is 185 Å². The maximum Gasteiger partial charge on any atom is 0.433 e. The molecule has 0 spiro atoms. The molecular weight excluding hydrogens is 440 g/mol. The highest BCUT2D eigenvalue weighted by Crippen LogP contribution is 2.31. The molecule has 2 aromatic carbocycles. The Bertz CT molecular complexity index is 1300. The number of fused-ring (bicyclic) bond motifs is 1. The number of rotatable bonds is 5. The van der Waals surface area contributed by atoms with Crippen molar-refractivity contribution in [1.82, 2.24) is 14.5 Å². The Morgan fingerprint density at radius 3 is 2.30 bits per heavy atom. The molecule has 6 nitrogen and oxygen atoms in total. The van der Waals surface area contributed by atoms with Gasteiger partial charge >= 0.3 is 6.18 Å². The topological polar surface area (TPSA) is 80.0 Å². The van der Waals surface area contributed by atoms with Crippen molar-refractivity contribution in [2.24, 2.45) is 0 Å². The van der Waals surface area contributed by atoms with Gasteiger partial charge in [-0.1, -0.05) is 30.3 Å². The molecule has 0 saturated heterocycles. The van der Waals surface area contributed by atoms with Gasteiger partial charge in [-0.3, -0.25) is 14.7 Å². The summed E-state index contributed by atoms with van der Waals surface area (Å²) in [5, 5.41) is 13.3. The molecule has 2 heterocycles. The van der Waals surface area contributed by atoms with Gasteiger partial charge in [-0.25, -0.2) is 14.4 Å². The van der Waals surface area contributed by atoms with Crippen molar-refractivity contribution >= 4 is 23.0 Å². The van der Waals surface area contributed by atoms with Crippen molar-refractivity contribution < 1.29 is 27.5 Å². The molecule has 170 valence electrons. The molecule has 1 atom stereocenters. The fourth-order valence-corrected chi connectivity index (χ4v) is 3.41. The van der Waals surface area contributed by atoms with E-state index in [9.17, 15) is 27.5 Å². The van der Waals surface area contributed by atoms with E-state index in [1.807, 2.05) is 0 Å². The van der Waals surface area contributed by atoms with Gasteiger partial charge in [0.25, 0.3) is 0 Å². The lowest BCUT2D eigenvalue weighted by molar-refractivity contribution is -0.141. The largest absolute Gasteiger partial charge is 0.433 e. The van der Waals surface area contributed by atoms with E-state index >= 15 is 0 Å². The molecule has 0 aliphatic rings. The fourth-order valence-electron chi connectivity index (χ4n) is 3.41. The van der Waals surface area contributed by atoms with Crippen molar-refractivity contribution in [3.63, 3.8) is 0 Å². The summed E-state index contributed by atoms with van der Waals surface area (Å²) in [5.41, 5.74) is -1.94. The van der Waals surface area contributed by atoms with Crippen LogP contribution in [0, 0.1) is 5.82 Å². The molecule has 10 heteroatoms. The summed E-state index contributed by atoms with van der Waals surface area (Å²) >= 11 is 0. The van der Waals surface area contributed by atoms with Crippen LogP contribution >= 0.6 is 0 Å². The van der Waals surface area contributed by atoms with E-state index in [2.05, 4.69) is 15.3 Å². The molecule has 4 aromatic rings. The third-order valence-corrected chi connectivity index (χ3v) is 5.03. The van der Waals surface area contributed by atoms with Crippen LogP contribution < -0.4 is 5.32 Å². The number of nitrogens with one attached hydrogen (secondary N) is 1. The number of alkyl halides is 3. The third kappa shape index (κ3) is 4.70. The minimum Gasteiger partial charge on any atom is -0.385 e. The molecule has 0 saturated carbocycles. The number of aromatic nitrogens is 3. The lowest BCUT2D eigenvalue weighted by Crippen LogP contribution is -2.29. The van der Waals surface area contributed by atoms with Gasteiger partial charge in [-0.15, -0.1) is 0 Å². The molecular formula is C23H18F4N4O2. The number of amides is 1. The Morgan fingerprint density at radius 2 is 1.67 bits per heavy atom. The normalized spacial score (nSPS) is 13.6. The number of benzene rings is 2. The number of aliphatic hydroxyl groups is 1. The molecule has 0 radical (unpaired) electrons. The van der Waals surface area contributed by atoms with E-state index in [4.69, 9.17) is 0 Å². The zero-order valence-corrected chi connectivity index (χ0v) is 17.3. The number of hydrogen-bond acceptors (Lipinski definition) is 4. The Morgan fingerprint density at radius 1 is 1.00 bits per heavy atom. The molecule has 33 heavy (non-hydrogen) atoms.